The van der Waals surface area contributed by atoms with E-state index in [4.69, 9.17) is 0 Å². The summed E-state index contributed by atoms with van der Waals surface area (Å²) in [5.74, 6) is -0.892. The molecule has 2 aromatic rings. The zero-order valence-corrected chi connectivity index (χ0v) is 20.7. The third-order valence-electron chi connectivity index (χ3n) is 5.73. The first-order chi connectivity index (χ1) is 16.5. The largest absolute Gasteiger partial charge is 0.409 e. The third kappa shape index (κ3) is 7.01. The highest BCUT2D eigenvalue weighted by molar-refractivity contribution is 7.90. The van der Waals surface area contributed by atoms with Crippen LogP contribution >= 0.6 is 0 Å². The average molecular weight is 527 g/mol. The van der Waals surface area contributed by atoms with E-state index in [9.17, 15) is 36.0 Å². The zero-order valence-electron chi connectivity index (χ0n) is 19.9. The molecule has 1 heterocycles. The van der Waals surface area contributed by atoms with Gasteiger partial charge in [-0.15, -0.1) is 0 Å². The van der Waals surface area contributed by atoms with Crippen molar-refractivity contribution in [3.8, 4) is 17.2 Å². The molecule has 36 heavy (non-hydrogen) atoms. The van der Waals surface area contributed by atoms with Gasteiger partial charge in [0.2, 0.25) is 5.91 Å². The van der Waals surface area contributed by atoms with E-state index in [0.29, 0.717) is 24.0 Å². The van der Waals surface area contributed by atoms with Crippen LogP contribution in [0.1, 0.15) is 44.8 Å². The number of halogens is 4. The summed E-state index contributed by atoms with van der Waals surface area (Å²) in [5, 5.41) is 13.8. The van der Waals surface area contributed by atoms with Gasteiger partial charge in [0.1, 0.15) is 17.2 Å². The minimum absolute atomic E-state index is 0.0987. The maximum absolute atomic E-state index is 14.4. The van der Waals surface area contributed by atoms with Gasteiger partial charge in [-0.2, -0.15) is 18.4 Å². The number of alkyl halides is 4. The van der Waals surface area contributed by atoms with E-state index in [0.717, 1.165) is 26.2 Å². The highest BCUT2D eigenvalue weighted by Crippen LogP contribution is 2.36. The molecule has 1 aromatic carbocycles. The molecule has 1 aliphatic carbocycles. The Morgan fingerprint density at radius 3 is 2.11 bits per heavy atom. The monoisotopic (exact) mass is 526 g/mol. The standard InChI is InChI=1S/C24H26F4N4O3S/c1-22(2,25)12-19(21(33)32-23(14-29)10-11-23)31-20(24(26,27)28)18-9-6-16(13-30-18)15-4-7-17(8-5-15)36(3,34)35/h4-9,13,19-20,31H,10-12H2,1-3H3,(H,32,33)/t19-,20-/m0/s1. The van der Waals surface area contributed by atoms with E-state index in [1.54, 1.807) is 0 Å². The fourth-order valence-electron chi connectivity index (χ4n) is 3.62. The molecule has 0 aliphatic heterocycles. The van der Waals surface area contributed by atoms with Gasteiger partial charge in [0, 0.05) is 24.4 Å². The summed E-state index contributed by atoms with van der Waals surface area (Å²) < 4.78 is 79.7. The lowest BCUT2D eigenvalue weighted by molar-refractivity contribution is -0.162. The van der Waals surface area contributed by atoms with Crippen molar-refractivity contribution in [1.29, 1.82) is 5.26 Å². The quantitative estimate of drug-likeness (QED) is 0.478. The Kier molecular flexibility index (Phi) is 7.49. The maximum atomic E-state index is 14.4. The van der Waals surface area contributed by atoms with E-state index in [2.05, 4.69) is 15.6 Å². The Balaban J connectivity index is 1.86. The first-order valence-corrected chi connectivity index (χ1v) is 12.9. The number of nitrogens with one attached hydrogen (secondary N) is 2. The fourth-order valence-corrected chi connectivity index (χ4v) is 4.25. The number of sulfone groups is 1. The maximum Gasteiger partial charge on any atom is 0.409 e. The van der Waals surface area contributed by atoms with E-state index >= 15 is 0 Å². The molecule has 0 saturated heterocycles. The Labute approximate surface area is 206 Å². The fraction of sp³-hybridized carbons (Fsp3) is 0.458. The molecule has 0 unspecified atom stereocenters. The number of carbonyl (C=O) groups excluding carboxylic acids is 1. The van der Waals surface area contributed by atoms with Crippen molar-refractivity contribution in [2.75, 3.05) is 6.26 Å². The Morgan fingerprint density at radius 2 is 1.69 bits per heavy atom. The van der Waals surface area contributed by atoms with Crippen molar-refractivity contribution < 1.29 is 30.8 Å². The predicted molar refractivity (Wildman–Crippen MR) is 124 cm³/mol. The number of rotatable bonds is 9. The van der Waals surface area contributed by atoms with E-state index in [1.807, 2.05) is 6.07 Å². The summed E-state index contributed by atoms with van der Waals surface area (Å²) in [6, 6.07) is 6.29. The van der Waals surface area contributed by atoms with Gasteiger partial charge in [-0.1, -0.05) is 18.2 Å². The van der Waals surface area contributed by atoms with Crippen molar-refractivity contribution in [2.24, 2.45) is 0 Å². The summed E-state index contributed by atoms with van der Waals surface area (Å²) in [7, 11) is -3.40. The molecule has 12 heteroatoms. The molecule has 194 valence electrons. The molecule has 0 bridgehead atoms. The number of hydrogen-bond donors (Lipinski definition) is 2. The third-order valence-corrected chi connectivity index (χ3v) is 6.85. The molecule has 0 spiro atoms. The van der Waals surface area contributed by atoms with Gasteiger partial charge in [0.05, 0.1) is 22.7 Å². The topological polar surface area (TPSA) is 112 Å². The van der Waals surface area contributed by atoms with Gasteiger partial charge in [0.15, 0.2) is 9.84 Å². The first kappa shape index (κ1) is 27.5. The molecule has 2 atom stereocenters. The van der Waals surface area contributed by atoms with Crippen LogP contribution in [0.15, 0.2) is 47.5 Å². The van der Waals surface area contributed by atoms with Crippen LogP contribution in [0.2, 0.25) is 0 Å². The smallest absolute Gasteiger partial charge is 0.336 e. The molecular formula is C24H26F4N4O3S. The lowest BCUT2D eigenvalue weighted by Gasteiger charge is -2.30. The molecule has 1 saturated carbocycles. The first-order valence-electron chi connectivity index (χ1n) is 11.0. The van der Waals surface area contributed by atoms with Crippen LogP contribution < -0.4 is 10.6 Å². The second kappa shape index (κ2) is 9.78. The summed E-state index contributed by atoms with van der Waals surface area (Å²) in [6.07, 6.45) is -2.41. The van der Waals surface area contributed by atoms with E-state index in [-0.39, 0.29) is 4.90 Å². The minimum atomic E-state index is -4.86. The number of pyridine rings is 1. The summed E-state index contributed by atoms with van der Waals surface area (Å²) in [5.41, 5.74) is -2.54. The van der Waals surface area contributed by atoms with E-state index in [1.165, 1.54) is 36.5 Å². The molecule has 3 rings (SSSR count). The Bertz CT molecular complexity index is 1240. The van der Waals surface area contributed by atoms with Crippen LogP contribution in [0.25, 0.3) is 11.1 Å². The van der Waals surface area contributed by atoms with Crippen molar-refractivity contribution in [1.82, 2.24) is 15.6 Å². The zero-order chi connectivity index (χ0) is 26.9. The minimum Gasteiger partial charge on any atom is -0.336 e. The molecule has 1 fully saturated rings. The highest BCUT2D eigenvalue weighted by atomic mass is 32.2. The van der Waals surface area contributed by atoms with Crippen LogP contribution in [0.4, 0.5) is 17.6 Å². The van der Waals surface area contributed by atoms with Crippen molar-refractivity contribution in [2.45, 2.75) is 67.5 Å². The lowest BCUT2D eigenvalue weighted by Crippen LogP contribution is -2.53. The summed E-state index contributed by atoms with van der Waals surface area (Å²) in [6.45, 7) is 2.30. The van der Waals surface area contributed by atoms with E-state index < -0.39 is 57.3 Å². The number of nitrogens with zero attached hydrogens (tertiary/aromatic N) is 2. The predicted octanol–water partition coefficient (Wildman–Crippen LogP) is 4.02. The number of nitriles is 1. The van der Waals surface area contributed by atoms with Crippen LogP contribution in [-0.4, -0.2) is 49.0 Å². The second-order valence-corrected chi connectivity index (χ2v) is 11.6. The van der Waals surface area contributed by atoms with Gasteiger partial charge >= 0.3 is 6.18 Å². The summed E-state index contributed by atoms with van der Waals surface area (Å²) in [4.78, 5) is 16.8. The Morgan fingerprint density at radius 1 is 1.11 bits per heavy atom. The number of hydrogen-bond acceptors (Lipinski definition) is 6. The number of amides is 1. The van der Waals surface area contributed by atoms with Gasteiger partial charge in [0.25, 0.3) is 0 Å². The molecule has 1 aliphatic rings. The number of carbonyl (C=O) groups is 1. The Hall–Kier alpha value is -3.04. The number of aromatic nitrogens is 1. The lowest BCUT2D eigenvalue weighted by atomic mass is 9.98. The number of benzene rings is 1. The second-order valence-electron chi connectivity index (χ2n) is 9.57. The molecule has 1 amide bonds. The highest BCUT2D eigenvalue weighted by Gasteiger charge is 2.48. The molecule has 2 N–H and O–H groups in total. The SMILES string of the molecule is CC(C)(F)C[C@H](N[C@@H](c1ccc(-c2ccc(S(C)(=O)=O)cc2)cn1)C(F)(F)F)C(=O)NC1(C#N)CC1. The molecule has 7 nitrogen and oxygen atoms in total. The van der Waals surface area contributed by atoms with Gasteiger partial charge in [-0.3, -0.25) is 15.1 Å². The van der Waals surface area contributed by atoms with Crippen molar-refractivity contribution in [3.63, 3.8) is 0 Å². The van der Waals surface area contributed by atoms with Gasteiger partial charge in [-0.25, -0.2) is 12.8 Å². The molecule has 1 aromatic heterocycles. The van der Waals surface area contributed by atoms with Gasteiger partial charge < -0.3 is 5.32 Å². The molecular weight excluding hydrogens is 500 g/mol. The average Bonchev–Trinajstić information content (AvgIpc) is 3.54. The van der Waals surface area contributed by atoms with Crippen molar-refractivity contribution in [3.05, 3.63) is 48.3 Å². The van der Waals surface area contributed by atoms with Crippen LogP contribution in [0, 0.1) is 11.3 Å². The summed E-state index contributed by atoms with van der Waals surface area (Å²) >= 11 is 0. The molecule has 0 radical (unpaired) electrons. The van der Waals surface area contributed by atoms with Crippen LogP contribution in [-0.2, 0) is 14.6 Å². The van der Waals surface area contributed by atoms with Crippen LogP contribution in [0.5, 0.6) is 0 Å². The van der Waals surface area contributed by atoms with Gasteiger partial charge in [-0.05, 0) is 50.5 Å². The normalized spacial score (nSPS) is 17.1. The van der Waals surface area contributed by atoms with Crippen molar-refractivity contribution >= 4 is 15.7 Å². The van der Waals surface area contributed by atoms with Crippen LogP contribution in [0.3, 0.4) is 0 Å².